The summed E-state index contributed by atoms with van der Waals surface area (Å²) in [5, 5.41) is 6.15. The number of carbonyl (C=O) groups is 3. The number of ether oxygens (including phenoxy) is 1. The van der Waals surface area contributed by atoms with Crippen LogP contribution in [0.2, 0.25) is 0 Å². The first-order chi connectivity index (χ1) is 18.1. The highest BCUT2D eigenvalue weighted by molar-refractivity contribution is 5.93. The molecule has 2 atom stereocenters. The van der Waals surface area contributed by atoms with Gasteiger partial charge in [-0.05, 0) is 91.2 Å². The number of hydrogen-bond acceptors (Lipinski definition) is 4. The Hall–Kier alpha value is -2.57. The number of rotatable bonds is 10. The molecule has 1 saturated carbocycles. The fourth-order valence-electron chi connectivity index (χ4n) is 5.31. The van der Waals surface area contributed by atoms with E-state index in [1.165, 1.54) is 6.42 Å². The average molecular weight is 544 g/mol. The third-order valence-corrected chi connectivity index (χ3v) is 7.63. The van der Waals surface area contributed by atoms with E-state index in [2.05, 4.69) is 16.7 Å². The van der Waals surface area contributed by atoms with Crippen LogP contribution in [0.3, 0.4) is 0 Å². The summed E-state index contributed by atoms with van der Waals surface area (Å²) in [5.74, 6) is -0.300. The molecule has 0 spiro atoms. The molecule has 7 heteroatoms. The molecule has 0 bridgehead atoms. The Morgan fingerprint density at radius 2 is 1.64 bits per heavy atom. The summed E-state index contributed by atoms with van der Waals surface area (Å²) < 4.78 is 5.52. The maximum Gasteiger partial charge on any atom is 0.408 e. The van der Waals surface area contributed by atoms with Gasteiger partial charge < -0.3 is 20.3 Å². The number of benzene rings is 1. The average Bonchev–Trinajstić information content (AvgIpc) is 2.81. The Labute approximate surface area is 236 Å². The van der Waals surface area contributed by atoms with Gasteiger partial charge in [0.05, 0.1) is 0 Å². The van der Waals surface area contributed by atoms with Crippen molar-refractivity contribution in [3.63, 3.8) is 0 Å². The van der Waals surface area contributed by atoms with E-state index in [1.807, 2.05) is 60.6 Å². The third kappa shape index (κ3) is 9.54. The normalized spacial score (nSPS) is 16.4. The Kier molecular flexibility index (Phi) is 11.4. The molecule has 2 rings (SSSR count). The van der Waals surface area contributed by atoms with Gasteiger partial charge >= 0.3 is 6.09 Å². The lowest BCUT2D eigenvalue weighted by atomic mass is 9.88. The van der Waals surface area contributed by atoms with Gasteiger partial charge in [0.15, 0.2) is 0 Å². The van der Waals surface area contributed by atoms with Crippen LogP contribution in [0.15, 0.2) is 18.2 Å². The summed E-state index contributed by atoms with van der Waals surface area (Å²) >= 11 is 0. The van der Waals surface area contributed by atoms with Crippen LogP contribution < -0.4 is 10.6 Å². The zero-order valence-corrected chi connectivity index (χ0v) is 26.1. The molecular formula is C32H53N3O4. The highest BCUT2D eigenvalue weighted by atomic mass is 16.6. The molecule has 0 heterocycles. The van der Waals surface area contributed by atoms with Crippen molar-refractivity contribution in [3.8, 4) is 0 Å². The summed E-state index contributed by atoms with van der Waals surface area (Å²) in [7, 11) is 0. The van der Waals surface area contributed by atoms with Crippen LogP contribution in [-0.4, -0.2) is 46.0 Å². The molecule has 39 heavy (non-hydrogen) atoms. The maximum absolute atomic E-state index is 14.6. The Morgan fingerprint density at radius 3 is 2.15 bits per heavy atom. The Balaban J connectivity index is 2.61. The van der Waals surface area contributed by atoms with Crippen LogP contribution in [-0.2, 0) is 14.3 Å². The van der Waals surface area contributed by atoms with Gasteiger partial charge in [-0.25, -0.2) is 4.79 Å². The summed E-state index contributed by atoms with van der Waals surface area (Å²) in [6, 6.07) is 4.47. The lowest BCUT2D eigenvalue weighted by molar-refractivity contribution is -0.150. The van der Waals surface area contributed by atoms with Crippen LogP contribution >= 0.6 is 0 Å². The molecule has 220 valence electrons. The molecule has 0 aromatic heterocycles. The van der Waals surface area contributed by atoms with Gasteiger partial charge in [-0.2, -0.15) is 0 Å². The summed E-state index contributed by atoms with van der Waals surface area (Å²) in [6.07, 6.45) is 5.71. The van der Waals surface area contributed by atoms with Gasteiger partial charge in [0.25, 0.3) is 0 Å². The molecule has 1 aliphatic carbocycles. The highest BCUT2D eigenvalue weighted by Gasteiger charge is 2.44. The minimum atomic E-state index is -0.832. The first-order valence-electron chi connectivity index (χ1n) is 14.8. The molecule has 0 saturated heterocycles. The van der Waals surface area contributed by atoms with Crippen molar-refractivity contribution < 1.29 is 19.1 Å². The molecule has 1 aromatic carbocycles. The molecule has 2 unspecified atom stereocenters. The van der Waals surface area contributed by atoms with E-state index in [-0.39, 0.29) is 23.8 Å². The molecule has 0 aliphatic heterocycles. The number of nitrogens with zero attached hydrogens (tertiary/aromatic N) is 1. The summed E-state index contributed by atoms with van der Waals surface area (Å²) in [5.41, 5.74) is 1.51. The maximum atomic E-state index is 14.6. The lowest BCUT2D eigenvalue weighted by Crippen LogP contribution is -2.60. The van der Waals surface area contributed by atoms with E-state index in [0.717, 1.165) is 42.4 Å². The molecule has 2 N–H and O–H groups in total. The van der Waals surface area contributed by atoms with Crippen molar-refractivity contribution >= 4 is 17.9 Å². The van der Waals surface area contributed by atoms with Crippen LogP contribution in [0.5, 0.6) is 0 Å². The highest BCUT2D eigenvalue weighted by Crippen LogP contribution is 2.35. The molecule has 1 aromatic rings. The summed E-state index contributed by atoms with van der Waals surface area (Å²) in [6.45, 7) is 19.5. The standard InChI is InChI=1S/C32H53N3O4/c1-11-32(9,10)35(29(37)26(19-21(2)3)34-30(38)39-31(6,7)8)27(25-18-17-22(4)20-23(25)5)28(36)33-24-15-13-12-14-16-24/h17-18,20-21,24,26-27H,11-16,19H2,1-10H3,(H,33,36)(H,34,38). The molecule has 0 radical (unpaired) electrons. The second kappa shape index (κ2) is 13.7. The van der Waals surface area contributed by atoms with Gasteiger partial charge in [-0.15, -0.1) is 0 Å². The monoisotopic (exact) mass is 543 g/mol. The first kappa shape index (κ1) is 32.6. The second-order valence-electron chi connectivity index (χ2n) is 13.3. The van der Waals surface area contributed by atoms with Gasteiger partial charge in [0.2, 0.25) is 11.8 Å². The zero-order chi connectivity index (χ0) is 29.5. The SMILES string of the molecule is CCC(C)(C)N(C(=O)C(CC(C)C)NC(=O)OC(C)(C)C)C(C(=O)NC1CCCCC1)c1ccc(C)cc1C. The van der Waals surface area contributed by atoms with Crippen molar-refractivity contribution in [2.75, 3.05) is 0 Å². The van der Waals surface area contributed by atoms with E-state index in [9.17, 15) is 14.4 Å². The predicted octanol–water partition coefficient (Wildman–Crippen LogP) is 6.75. The van der Waals surface area contributed by atoms with Crippen molar-refractivity contribution in [2.24, 2.45) is 5.92 Å². The van der Waals surface area contributed by atoms with Gasteiger partial charge in [-0.3, -0.25) is 9.59 Å². The lowest BCUT2D eigenvalue weighted by Gasteiger charge is -2.45. The van der Waals surface area contributed by atoms with Gasteiger partial charge in [-0.1, -0.05) is 63.8 Å². The first-order valence-corrected chi connectivity index (χ1v) is 14.8. The molecule has 3 amide bonds. The van der Waals surface area contributed by atoms with E-state index in [0.29, 0.717) is 12.8 Å². The van der Waals surface area contributed by atoms with Crippen molar-refractivity contribution in [3.05, 3.63) is 34.9 Å². The van der Waals surface area contributed by atoms with E-state index < -0.39 is 29.3 Å². The van der Waals surface area contributed by atoms with E-state index >= 15 is 0 Å². The number of hydrogen-bond donors (Lipinski definition) is 2. The molecule has 1 fully saturated rings. The van der Waals surface area contributed by atoms with Crippen molar-refractivity contribution in [1.29, 1.82) is 0 Å². The fourth-order valence-corrected chi connectivity index (χ4v) is 5.31. The van der Waals surface area contributed by atoms with Crippen LogP contribution in [0.4, 0.5) is 4.79 Å². The van der Waals surface area contributed by atoms with Crippen LogP contribution in [0.1, 0.15) is 123 Å². The van der Waals surface area contributed by atoms with E-state index in [1.54, 1.807) is 25.7 Å². The topological polar surface area (TPSA) is 87.7 Å². The predicted molar refractivity (Wildman–Crippen MR) is 158 cm³/mol. The van der Waals surface area contributed by atoms with Crippen molar-refractivity contribution in [2.45, 2.75) is 143 Å². The van der Waals surface area contributed by atoms with Crippen LogP contribution in [0.25, 0.3) is 0 Å². The fraction of sp³-hybridized carbons (Fsp3) is 0.719. The minimum Gasteiger partial charge on any atom is -0.444 e. The largest absolute Gasteiger partial charge is 0.444 e. The minimum absolute atomic E-state index is 0.104. The molecule has 7 nitrogen and oxygen atoms in total. The number of alkyl carbamates (subject to hydrolysis) is 1. The summed E-state index contributed by atoms with van der Waals surface area (Å²) in [4.78, 5) is 43.3. The number of nitrogens with one attached hydrogen (secondary N) is 2. The smallest absolute Gasteiger partial charge is 0.408 e. The number of amides is 3. The Morgan fingerprint density at radius 1 is 1.03 bits per heavy atom. The quantitative estimate of drug-likeness (QED) is 0.342. The van der Waals surface area contributed by atoms with Gasteiger partial charge in [0.1, 0.15) is 17.7 Å². The molecular weight excluding hydrogens is 490 g/mol. The zero-order valence-electron chi connectivity index (χ0n) is 26.1. The number of carbonyl (C=O) groups excluding carboxylic acids is 3. The Bertz CT molecular complexity index is 990. The molecule has 1 aliphatic rings. The van der Waals surface area contributed by atoms with Gasteiger partial charge in [0, 0.05) is 11.6 Å². The third-order valence-electron chi connectivity index (χ3n) is 7.63. The van der Waals surface area contributed by atoms with Crippen molar-refractivity contribution in [1.82, 2.24) is 15.5 Å². The van der Waals surface area contributed by atoms with Crippen LogP contribution in [0, 0.1) is 19.8 Å². The second-order valence-corrected chi connectivity index (χ2v) is 13.3. The number of aryl methyl sites for hydroxylation is 2. The van der Waals surface area contributed by atoms with E-state index in [4.69, 9.17) is 4.74 Å².